The standard InChI is InChI=1S/C18H28N4O2/c1-4-22-15-8-6-5-7-14(15)21-17(22)10-12-20-18(24)19-11-9-16(23)13(2)3/h5-8,13,16,23H,4,9-12H2,1-3H3,(H2,19,20,24). The number of fused-ring (bicyclic) bond motifs is 1. The fraction of sp³-hybridized carbons (Fsp3) is 0.556. The largest absolute Gasteiger partial charge is 0.393 e. The van der Waals surface area contributed by atoms with Gasteiger partial charge in [-0.05, 0) is 31.4 Å². The van der Waals surface area contributed by atoms with Crippen LogP contribution in [0, 0.1) is 5.92 Å². The lowest BCUT2D eigenvalue weighted by molar-refractivity contribution is 0.116. The van der Waals surface area contributed by atoms with Crippen molar-refractivity contribution in [2.24, 2.45) is 5.92 Å². The van der Waals surface area contributed by atoms with E-state index in [4.69, 9.17) is 0 Å². The lowest BCUT2D eigenvalue weighted by Crippen LogP contribution is -2.38. The molecule has 1 aromatic heterocycles. The zero-order chi connectivity index (χ0) is 17.5. The quantitative estimate of drug-likeness (QED) is 0.694. The highest BCUT2D eigenvalue weighted by atomic mass is 16.3. The number of nitrogens with one attached hydrogen (secondary N) is 2. The third kappa shape index (κ3) is 4.71. The van der Waals surface area contributed by atoms with Gasteiger partial charge in [0.05, 0.1) is 17.1 Å². The van der Waals surface area contributed by atoms with E-state index in [0.717, 1.165) is 23.4 Å². The Kier molecular flexibility index (Phi) is 6.61. The highest BCUT2D eigenvalue weighted by Crippen LogP contribution is 2.15. The molecule has 0 saturated carbocycles. The molecule has 0 radical (unpaired) electrons. The first-order valence-electron chi connectivity index (χ1n) is 8.66. The summed E-state index contributed by atoms with van der Waals surface area (Å²) < 4.78 is 2.17. The van der Waals surface area contributed by atoms with Gasteiger partial charge >= 0.3 is 6.03 Å². The van der Waals surface area contributed by atoms with Crippen LogP contribution in [0.1, 0.15) is 33.0 Å². The van der Waals surface area contributed by atoms with Crippen LogP contribution in [0.2, 0.25) is 0 Å². The molecule has 2 aromatic rings. The first-order valence-corrected chi connectivity index (χ1v) is 8.66. The topological polar surface area (TPSA) is 79.2 Å². The van der Waals surface area contributed by atoms with Crippen LogP contribution in [0.3, 0.4) is 0 Å². The number of imidazole rings is 1. The Morgan fingerprint density at radius 2 is 1.96 bits per heavy atom. The predicted molar refractivity (Wildman–Crippen MR) is 96.0 cm³/mol. The highest BCUT2D eigenvalue weighted by molar-refractivity contribution is 5.76. The molecule has 0 spiro atoms. The predicted octanol–water partition coefficient (Wildman–Crippen LogP) is 2.30. The van der Waals surface area contributed by atoms with E-state index < -0.39 is 0 Å². The second-order valence-electron chi connectivity index (χ2n) is 6.29. The van der Waals surface area contributed by atoms with E-state index in [1.54, 1.807) is 0 Å². The number of aliphatic hydroxyl groups is 1. The van der Waals surface area contributed by atoms with Crippen LogP contribution in [0.4, 0.5) is 4.79 Å². The van der Waals surface area contributed by atoms with Gasteiger partial charge in [0.25, 0.3) is 0 Å². The summed E-state index contributed by atoms with van der Waals surface area (Å²) in [5, 5.41) is 15.3. The van der Waals surface area contributed by atoms with Gasteiger partial charge in [0.15, 0.2) is 0 Å². The Morgan fingerprint density at radius 3 is 2.67 bits per heavy atom. The normalized spacial score (nSPS) is 12.5. The molecule has 6 heteroatoms. The summed E-state index contributed by atoms with van der Waals surface area (Å²) in [4.78, 5) is 16.4. The third-order valence-electron chi connectivity index (χ3n) is 4.18. The summed E-state index contributed by atoms with van der Waals surface area (Å²) in [6, 6.07) is 7.86. The number of carbonyl (C=O) groups excluding carboxylic acids is 1. The molecule has 0 bridgehead atoms. The van der Waals surface area contributed by atoms with Crippen LogP contribution < -0.4 is 10.6 Å². The Balaban J connectivity index is 1.79. The molecule has 132 valence electrons. The Labute approximate surface area is 143 Å². The van der Waals surface area contributed by atoms with Crippen molar-refractivity contribution in [1.29, 1.82) is 0 Å². The summed E-state index contributed by atoms with van der Waals surface area (Å²) in [5.41, 5.74) is 2.11. The molecule has 1 aromatic carbocycles. The van der Waals surface area contributed by atoms with E-state index in [0.29, 0.717) is 25.9 Å². The third-order valence-corrected chi connectivity index (χ3v) is 4.18. The van der Waals surface area contributed by atoms with Crippen molar-refractivity contribution in [3.05, 3.63) is 30.1 Å². The summed E-state index contributed by atoms with van der Waals surface area (Å²) in [5.74, 6) is 1.19. The maximum Gasteiger partial charge on any atom is 0.314 e. The minimum absolute atomic E-state index is 0.204. The number of hydrogen-bond acceptors (Lipinski definition) is 3. The maximum atomic E-state index is 11.8. The van der Waals surface area contributed by atoms with Crippen molar-refractivity contribution < 1.29 is 9.90 Å². The molecule has 1 atom stereocenters. The first-order chi connectivity index (χ1) is 11.5. The Bertz CT molecular complexity index is 666. The van der Waals surface area contributed by atoms with E-state index in [1.807, 2.05) is 32.0 Å². The van der Waals surface area contributed by atoms with Crippen molar-refractivity contribution in [2.45, 2.75) is 46.3 Å². The number of aliphatic hydroxyl groups excluding tert-OH is 1. The summed E-state index contributed by atoms with van der Waals surface area (Å²) >= 11 is 0. The lowest BCUT2D eigenvalue weighted by atomic mass is 10.0. The van der Waals surface area contributed by atoms with E-state index in [-0.39, 0.29) is 18.1 Å². The molecule has 1 unspecified atom stereocenters. The molecular weight excluding hydrogens is 304 g/mol. The van der Waals surface area contributed by atoms with Crippen LogP contribution in [-0.2, 0) is 13.0 Å². The van der Waals surface area contributed by atoms with Crippen LogP contribution in [-0.4, -0.2) is 39.9 Å². The first kappa shape index (κ1) is 18.3. The molecular formula is C18H28N4O2. The average molecular weight is 332 g/mol. The van der Waals surface area contributed by atoms with Gasteiger partial charge in [-0.15, -0.1) is 0 Å². The minimum atomic E-state index is -0.380. The van der Waals surface area contributed by atoms with Crippen molar-refractivity contribution in [3.63, 3.8) is 0 Å². The number of hydrogen-bond donors (Lipinski definition) is 3. The van der Waals surface area contributed by atoms with Crippen molar-refractivity contribution in [2.75, 3.05) is 13.1 Å². The van der Waals surface area contributed by atoms with Crippen LogP contribution in [0.15, 0.2) is 24.3 Å². The summed E-state index contributed by atoms with van der Waals surface area (Å²) in [6.45, 7) is 7.88. The van der Waals surface area contributed by atoms with Gasteiger partial charge in [-0.3, -0.25) is 0 Å². The van der Waals surface area contributed by atoms with Gasteiger partial charge in [-0.1, -0.05) is 26.0 Å². The van der Waals surface area contributed by atoms with Crippen LogP contribution in [0.25, 0.3) is 11.0 Å². The van der Waals surface area contributed by atoms with Gasteiger partial charge in [0.1, 0.15) is 5.82 Å². The van der Waals surface area contributed by atoms with E-state index in [9.17, 15) is 9.90 Å². The van der Waals surface area contributed by atoms with Gasteiger partial charge in [0.2, 0.25) is 0 Å². The van der Waals surface area contributed by atoms with Gasteiger partial charge in [-0.2, -0.15) is 0 Å². The average Bonchev–Trinajstić information content (AvgIpc) is 2.91. The van der Waals surface area contributed by atoms with Crippen molar-refractivity contribution in [3.8, 4) is 0 Å². The number of aromatic nitrogens is 2. The van der Waals surface area contributed by atoms with Crippen molar-refractivity contribution >= 4 is 17.1 Å². The number of urea groups is 1. The molecule has 0 saturated heterocycles. The number of amides is 2. The van der Waals surface area contributed by atoms with Crippen molar-refractivity contribution in [1.82, 2.24) is 20.2 Å². The second kappa shape index (κ2) is 8.68. The molecule has 1 heterocycles. The summed E-state index contributed by atoms with van der Waals surface area (Å²) in [6.07, 6.45) is 0.871. The second-order valence-corrected chi connectivity index (χ2v) is 6.29. The smallest absolute Gasteiger partial charge is 0.314 e. The molecule has 2 amide bonds. The zero-order valence-corrected chi connectivity index (χ0v) is 14.7. The monoisotopic (exact) mass is 332 g/mol. The summed E-state index contributed by atoms with van der Waals surface area (Å²) in [7, 11) is 0. The fourth-order valence-corrected chi connectivity index (χ4v) is 2.69. The van der Waals surface area contributed by atoms with Gasteiger partial charge in [0, 0.05) is 26.1 Å². The number of benzene rings is 1. The zero-order valence-electron chi connectivity index (χ0n) is 14.7. The molecule has 6 nitrogen and oxygen atoms in total. The molecule has 0 aliphatic heterocycles. The SMILES string of the molecule is CCn1c(CCNC(=O)NCCC(O)C(C)C)nc2ccccc21. The highest BCUT2D eigenvalue weighted by Gasteiger charge is 2.11. The number of aryl methyl sites for hydroxylation is 1. The van der Waals surface area contributed by atoms with Crippen LogP contribution in [0.5, 0.6) is 0 Å². The minimum Gasteiger partial charge on any atom is -0.393 e. The fourth-order valence-electron chi connectivity index (χ4n) is 2.69. The van der Waals surface area contributed by atoms with E-state index >= 15 is 0 Å². The van der Waals surface area contributed by atoms with Gasteiger partial charge < -0.3 is 20.3 Å². The molecule has 24 heavy (non-hydrogen) atoms. The number of para-hydroxylation sites is 2. The Morgan fingerprint density at radius 1 is 1.25 bits per heavy atom. The molecule has 0 aliphatic carbocycles. The lowest BCUT2D eigenvalue weighted by Gasteiger charge is -2.14. The molecule has 0 aliphatic rings. The van der Waals surface area contributed by atoms with Gasteiger partial charge in [-0.25, -0.2) is 9.78 Å². The van der Waals surface area contributed by atoms with Crippen LogP contribution >= 0.6 is 0 Å². The molecule has 2 rings (SSSR count). The molecule has 0 fully saturated rings. The Hall–Kier alpha value is -2.08. The van der Waals surface area contributed by atoms with E-state index in [2.05, 4.69) is 33.2 Å². The maximum absolute atomic E-state index is 11.8. The molecule has 3 N–H and O–H groups in total. The van der Waals surface area contributed by atoms with E-state index in [1.165, 1.54) is 0 Å². The number of nitrogens with zero attached hydrogens (tertiary/aromatic N) is 2. The number of carbonyl (C=O) groups is 1. The number of rotatable bonds is 8.